The van der Waals surface area contributed by atoms with Crippen LogP contribution < -0.4 is 11.4 Å². The van der Waals surface area contributed by atoms with E-state index in [9.17, 15) is 17.6 Å². The van der Waals surface area contributed by atoms with Crippen molar-refractivity contribution in [1.29, 1.82) is 0 Å². The highest BCUT2D eigenvalue weighted by Crippen LogP contribution is 2.27. The molecule has 2 heterocycles. The van der Waals surface area contributed by atoms with E-state index in [-0.39, 0.29) is 36.8 Å². The van der Waals surface area contributed by atoms with Crippen LogP contribution in [-0.2, 0) is 23.0 Å². The highest BCUT2D eigenvalue weighted by atomic mass is 35.5. The molecule has 0 fully saturated rings. The molecule has 3 rings (SSSR count). The largest absolute Gasteiger partial charge is 0.352 e. The summed E-state index contributed by atoms with van der Waals surface area (Å²) in [6, 6.07) is 7.08. The molecule has 28 heavy (non-hydrogen) atoms. The first-order valence-corrected chi connectivity index (χ1v) is 9.99. The van der Waals surface area contributed by atoms with Crippen LogP contribution in [0.15, 0.2) is 53.5 Å². The predicted octanol–water partition coefficient (Wildman–Crippen LogP) is 1.50. The topological polar surface area (TPSA) is 113 Å². The normalized spacial score (nSPS) is 11.6. The number of hydrogen-bond donors (Lipinski definition) is 2. The number of nitrogens with zero attached hydrogens (tertiary/aromatic N) is 4. The van der Waals surface area contributed by atoms with Crippen LogP contribution in [0.4, 0.5) is 4.39 Å². The van der Waals surface area contributed by atoms with Crippen LogP contribution in [0.1, 0.15) is 5.56 Å². The van der Waals surface area contributed by atoms with Crippen LogP contribution in [0.3, 0.4) is 0 Å². The average Bonchev–Trinajstić information content (AvgIpc) is 3.27. The zero-order valence-electron chi connectivity index (χ0n) is 14.4. The second kappa shape index (κ2) is 9.73. The Hall–Kier alpha value is -2.34. The van der Waals surface area contributed by atoms with Crippen LogP contribution in [0.25, 0.3) is 15.6 Å². The van der Waals surface area contributed by atoms with Crippen molar-refractivity contribution >= 4 is 34.4 Å². The van der Waals surface area contributed by atoms with Crippen molar-refractivity contribution in [3.8, 4) is 15.6 Å². The highest BCUT2D eigenvalue weighted by molar-refractivity contribution is 7.71. The van der Waals surface area contributed by atoms with Gasteiger partial charge in [-0.3, -0.25) is 0 Å². The Morgan fingerprint density at radius 3 is 2.61 bits per heavy atom. The second-order valence-electron chi connectivity index (χ2n) is 5.61. The summed E-state index contributed by atoms with van der Waals surface area (Å²) in [5.41, 5.74) is 6.77. The first kappa shape index (κ1) is 22.0. The maximum atomic E-state index is 12.7. The molecule has 0 aliphatic heterocycles. The molecule has 12 heteroatoms. The van der Waals surface area contributed by atoms with Crippen LogP contribution >= 0.6 is 23.7 Å². The van der Waals surface area contributed by atoms with Crippen LogP contribution in [0.2, 0.25) is 0 Å². The average molecular weight is 446 g/mol. The van der Waals surface area contributed by atoms with Gasteiger partial charge in [0.2, 0.25) is 0 Å². The molecule has 0 spiro atoms. The van der Waals surface area contributed by atoms with E-state index in [1.54, 1.807) is 30.5 Å². The number of hydrogen-bond acceptors (Lipinski definition) is 7. The van der Waals surface area contributed by atoms with E-state index in [2.05, 4.69) is 10.1 Å². The lowest BCUT2D eigenvalue weighted by Crippen LogP contribution is -2.25. The third kappa shape index (κ3) is 4.93. The summed E-state index contributed by atoms with van der Waals surface area (Å²) in [6.45, 7) is -0.0334. The molecule has 3 aromatic rings. The van der Waals surface area contributed by atoms with Gasteiger partial charge in [0.15, 0.2) is 5.13 Å². The lowest BCUT2D eigenvalue weighted by molar-refractivity contribution is 0.612. The fourth-order valence-corrected chi connectivity index (χ4v) is 3.74. The summed E-state index contributed by atoms with van der Waals surface area (Å²) in [7, 11) is -2.47. The molecule has 0 saturated carbocycles. The van der Waals surface area contributed by atoms with Crippen molar-refractivity contribution in [2.24, 2.45) is 5.73 Å². The van der Waals surface area contributed by atoms with Gasteiger partial charge in [-0.15, -0.1) is 12.4 Å². The number of rotatable bonds is 7. The number of thiazole rings is 1. The Morgan fingerprint density at radius 1 is 1.29 bits per heavy atom. The SMILES string of the molecule is Cl.NC/C(=C/F)Cn1ncn(-c2ncc(-c3ccc(C[SH](=O)=O)cc3)s2)c1=O. The summed E-state index contributed by atoms with van der Waals surface area (Å²) < 4.78 is 36.6. The molecule has 0 saturated heterocycles. The Morgan fingerprint density at radius 2 is 2.00 bits per heavy atom. The van der Waals surface area contributed by atoms with Crippen molar-refractivity contribution in [3.63, 3.8) is 0 Å². The Labute approximate surface area is 171 Å². The standard InChI is InChI=1S/C16H16FN5O3S2.ClH/c17-5-12(6-18)8-22-16(23)21(10-20-22)15-19-7-14(26-15)13-3-1-11(2-4-13)9-27(24)25;/h1-5,7,10,27H,6,8-9,18H2;1H/b12-5-;. The van der Waals surface area contributed by atoms with E-state index in [1.165, 1.54) is 22.2 Å². The lowest BCUT2D eigenvalue weighted by Gasteiger charge is -2.00. The number of aromatic nitrogens is 4. The van der Waals surface area contributed by atoms with Gasteiger partial charge in [0.25, 0.3) is 0 Å². The van der Waals surface area contributed by atoms with Gasteiger partial charge in [-0.2, -0.15) is 5.10 Å². The minimum absolute atomic E-state index is 0. The molecule has 2 N–H and O–H groups in total. The van der Waals surface area contributed by atoms with Gasteiger partial charge < -0.3 is 5.73 Å². The first-order chi connectivity index (χ1) is 13.0. The molecule has 0 aliphatic carbocycles. The zero-order valence-corrected chi connectivity index (χ0v) is 16.9. The zero-order chi connectivity index (χ0) is 19.4. The van der Waals surface area contributed by atoms with E-state index < -0.39 is 16.4 Å². The molecule has 0 radical (unpaired) electrons. The summed E-state index contributed by atoms with van der Waals surface area (Å²) in [5.74, 6) is -0.00372. The van der Waals surface area contributed by atoms with Crippen molar-refractivity contribution in [2.45, 2.75) is 12.3 Å². The van der Waals surface area contributed by atoms with Gasteiger partial charge in [-0.1, -0.05) is 35.6 Å². The summed E-state index contributed by atoms with van der Waals surface area (Å²) >= 11 is 1.28. The van der Waals surface area contributed by atoms with Gasteiger partial charge in [0.1, 0.15) is 17.0 Å². The van der Waals surface area contributed by atoms with Crippen molar-refractivity contribution in [1.82, 2.24) is 19.3 Å². The van der Waals surface area contributed by atoms with Crippen LogP contribution in [0, 0.1) is 0 Å². The summed E-state index contributed by atoms with van der Waals surface area (Å²) in [4.78, 5) is 17.5. The smallest absolute Gasteiger partial charge is 0.327 e. The third-order valence-electron chi connectivity index (χ3n) is 3.75. The number of thiol groups is 1. The second-order valence-corrected chi connectivity index (χ2v) is 7.60. The Kier molecular flexibility index (Phi) is 7.63. The number of halogens is 2. The van der Waals surface area contributed by atoms with Crippen LogP contribution in [-0.4, -0.2) is 34.3 Å². The van der Waals surface area contributed by atoms with Gasteiger partial charge in [0.05, 0.1) is 23.5 Å². The quantitative estimate of drug-likeness (QED) is 0.533. The fraction of sp³-hybridized carbons (Fsp3) is 0.188. The molecular weight excluding hydrogens is 429 g/mol. The highest BCUT2D eigenvalue weighted by Gasteiger charge is 2.12. The molecule has 2 aromatic heterocycles. The number of benzene rings is 1. The fourth-order valence-electron chi connectivity index (χ4n) is 2.35. The van der Waals surface area contributed by atoms with E-state index in [1.807, 2.05) is 0 Å². The molecule has 0 bridgehead atoms. The van der Waals surface area contributed by atoms with Crippen molar-refractivity contribution < 1.29 is 12.8 Å². The molecule has 8 nitrogen and oxygen atoms in total. The molecule has 0 aliphatic rings. The monoisotopic (exact) mass is 445 g/mol. The minimum atomic E-state index is -2.47. The molecular formula is C16H17ClFN5O3S2. The minimum Gasteiger partial charge on any atom is -0.327 e. The molecule has 1 aromatic carbocycles. The van der Waals surface area contributed by atoms with Crippen molar-refractivity contribution in [2.75, 3.05) is 6.54 Å². The Balaban J connectivity index is 0.00000280. The Bertz CT molecular complexity index is 1090. The van der Waals surface area contributed by atoms with Gasteiger partial charge in [-0.05, 0) is 16.7 Å². The molecule has 0 atom stereocenters. The van der Waals surface area contributed by atoms with Gasteiger partial charge in [-0.25, -0.2) is 31.8 Å². The molecule has 150 valence electrons. The third-order valence-corrected chi connectivity index (χ3v) is 5.42. The van der Waals surface area contributed by atoms with Gasteiger partial charge in [0, 0.05) is 12.7 Å². The first-order valence-electron chi connectivity index (χ1n) is 7.81. The summed E-state index contributed by atoms with van der Waals surface area (Å²) in [6.07, 6.45) is 3.32. The van der Waals surface area contributed by atoms with E-state index >= 15 is 0 Å². The van der Waals surface area contributed by atoms with Crippen molar-refractivity contribution in [3.05, 3.63) is 64.7 Å². The lowest BCUT2D eigenvalue weighted by atomic mass is 10.1. The van der Waals surface area contributed by atoms with E-state index in [0.717, 1.165) is 15.1 Å². The number of nitrogens with two attached hydrogens (primary N) is 1. The van der Waals surface area contributed by atoms with Crippen LogP contribution in [0.5, 0.6) is 0 Å². The molecule has 0 amide bonds. The summed E-state index contributed by atoms with van der Waals surface area (Å²) in [5, 5.41) is 4.39. The maximum absolute atomic E-state index is 12.7. The maximum Gasteiger partial charge on any atom is 0.352 e. The van der Waals surface area contributed by atoms with Gasteiger partial charge >= 0.3 is 5.69 Å². The van der Waals surface area contributed by atoms with E-state index in [4.69, 9.17) is 5.73 Å². The predicted molar refractivity (Wildman–Crippen MR) is 108 cm³/mol. The molecule has 0 unspecified atom stereocenters. The van der Waals surface area contributed by atoms with E-state index in [0.29, 0.717) is 17.0 Å².